The Morgan fingerprint density at radius 3 is 2.38 bits per heavy atom. The monoisotopic (exact) mass is 249 g/mol. The maximum absolute atomic E-state index is 12.6. The number of halogens is 3. The van der Waals surface area contributed by atoms with Crippen molar-refractivity contribution in [3.8, 4) is 0 Å². The largest absolute Gasteiger partial charge is 0.416 e. The van der Waals surface area contributed by atoms with Gasteiger partial charge in [-0.15, -0.1) is 11.8 Å². The maximum atomic E-state index is 12.6. The highest BCUT2D eigenvalue weighted by atomic mass is 32.2. The van der Waals surface area contributed by atoms with Gasteiger partial charge in [-0.25, -0.2) is 0 Å². The SMILES string of the molecule is CSc1cc(C2OC2N)cc(C(F)(F)F)c1. The van der Waals surface area contributed by atoms with Gasteiger partial charge >= 0.3 is 6.18 Å². The van der Waals surface area contributed by atoms with E-state index >= 15 is 0 Å². The topological polar surface area (TPSA) is 38.5 Å². The highest BCUT2D eigenvalue weighted by molar-refractivity contribution is 7.98. The molecule has 0 aliphatic carbocycles. The number of thioether (sulfide) groups is 1. The van der Waals surface area contributed by atoms with E-state index in [9.17, 15) is 13.2 Å². The summed E-state index contributed by atoms with van der Waals surface area (Å²) in [6, 6.07) is 3.90. The summed E-state index contributed by atoms with van der Waals surface area (Å²) < 4.78 is 42.7. The van der Waals surface area contributed by atoms with Crippen molar-refractivity contribution in [3.05, 3.63) is 29.3 Å². The molecule has 2 unspecified atom stereocenters. The van der Waals surface area contributed by atoms with E-state index in [1.807, 2.05) is 0 Å². The first-order valence-corrected chi connectivity index (χ1v) is 5.81. The summed E-state index contributed by atoms with van der Waals surface area (Å²) in [7, 11) is 0. The standard InChI is InChI=1S/C10H10F3NOS/c1-16-7-3-5(8-9(14)15-8)2-6(4-7)10(11,12)13/h2-4,8-9H,14H2,1H3. The molecule has 2 atom stereocenters. The van der Waals surface area contributed by atoms with Gasteiger partial charge in [-0.2, -0.15) is 13.2 Å². The summed E-state index contributed by atoms with van der Waals surface area (Å²) in [5.41, 5.74) is 5.28. The molecule has 0 aromatic heterocycles. The van der Waals surface area contributed by atoms with Crippen LogP contribution in [0.2, 0.25) is 0 Å². The molecule has 1 saturated heterocycles. The second kappa shape index (κ2) is 3.94. The van der Waals surface area contributed by atoms with Crippen molar-refractivity contribution < 1.29 is 17.9 Å². The van der Waals surface area contributed by atoms with Gasteiger partial charge in [0.05, 0.1) is 5.56 Å². The minimum atomic E-state index is -4.33. The maximum Gasteiger partial charge on any atom is 0.416 e. The minimum absolute atomic E-state index is 0.395. The van der Waals surface area contributed by atoms with Gasteiger partial charge in [0.25, 0.3) is 0 Å². The van der Waals surface area contributed by atoms with Gasteiger partial charge in [-0.05, 0) is 30.0 Å². The second-order valence-electron chi connectivity index (χ2n) is 3.51. The van der Waals surface area contributed by atoms with Gasteiger partial charge < -0.3 is 10.5 Å². The number of nitrogens with two attached hydrogens (primary N) is 1. The molecular weight excluding hydrogens is 239 g/mol. The van der Waals surface area contributed by atoms with E-state index in [0.29, 0.717) is 10.5 Å². The third-order valence-corrected chi connectivity index (χ3v) is 3.05. The quantitative estimate of drug-likeness (QED) is 0.647. The molecular formula is C10H10F3NOS. The van der Waals surface area contributed by atoms with E-state index in [1.165, 1.54) is 11.8 Å². The lowest BCUT2D eigenvalue weighted by Crippen LogP contribution is -2.07. The third kappa shape index (κ3) is 2.34. The summed E-state index contributed by atoms with van der Waals surface area (Å²) in [6.45, 7) is 0. The van der Waals surface area contributed by atoms with E-state index in [4.69, 9.17) is 10.5 Å². The molecule has 2 rings (SSSR count). The molecule has 6 heteroatoms. The normalized spacial score (nSPS) is 24.6. The van der Waals surface area contributed by atoms with Crippen molar-refractivity contribution in [1.29, 1.82) is 0 Å². The lowest BCUT2D eigenvalue weighted by atomic mass is 10.1. The van der Waals surface area contributed by atoms with Crippen molar-refractivity contribution in [2.24, 2.45) is 5.73 Å². The molecule has 1 aromatic carbocycles. The molecule has 0 saturated carbocycles. The first-order valence-electron chi connectivity index (χ1n) is 4.59. The van der Waals surface area contributed by atoms with Gasteiger partial charge in [-0.1, -0.05) is 0 Å². The first-order chi connectivity index (χ1) is 7.41. The van der Waals surface area contributed by atoms with Gasteiger partial charge in [0.2, 0.25) is 0 Å². The Labute approximate surface area is 95.0 Å². The van der Waals surface area contributed by atoms with E-state index < -0.39 is 24.1 Å². The zero-order valence-corrected chi connectivity index (χ0v) is 9.23. The van der Waals surface area contributed by atoms with Crippen LogP contribution in [0, 0.1) is 0 Å². The van der Waals surface area contributed by atoms with E-state index in [2.05, 4.69) is 0 Å². The molecule has 2 nitrogen and oxygen atoms in total. The molecule has 88 valence electrons. The predicted molar refractivity (Wildman–Crippen MR) is 55.0 cm³/mol. The summed E-state index contributed by atoms with van der Waals surface area (Å²) in [4.78, 5) is 0.563. The Morgan fingerprint density at radius 1 is 1.31 bits per heavy atom. The van der Waals surface area contributed by atoms with Crippen molar-refractivity contribution in [2.75, 3.05) is 6.26 Å². The number of hydrogen-bond donors (Lipinski definition) is 1. The molecule has 1 aliphatic rings. The fourth-order valence-corrected chi connectivity index (χ4v) is 1.96. The zero-order chi connectivity index (χ0) is 11.9. The number of ether oxygens (including phenoxy) is 1. The van der Waals surface area contributed by atoms with Gasteiger partial charge in [0, 0.05) is 4.90 Å². The van der Waals surface area contributed by atoms with Gasteiger partial charge in [0.15, 0.2) is 0 Å². The Bertz CT molecular complexity index is 408. The third-order valence-electron chi connectivity index (χ3n) is 2.35. The van der Waals surface area contributed by atoms with Crippen LogP contribution in [-0.2, 0) is 10.9 Å². The lowest BCUT2D eigenvalue weighted by molar-refractivity contribution is -0.137. The van der Waals surface area contributed by atoms with Crippen LogP contribution in [0.25, 0.3) is 0 Å². The zero-order valence-electron chi connectivity index (χ0n) is 8.41. The number of epoxide rings is 1. The van der Waals surface area contributed by atoms with Crippen molar-refractivity contribution in [2.45, 2.75) is 23.4 Å². The smallest absolute Gasteiger partial charge is 0.348 e. The van der Waals surface area contributed by atoms with Crippen LogP contribution in [0.5, 0.6) is 0 Å². The highest BCUT2D eigenvalue weighted by Gasteiger charge is 2.39. The summed E-state index contributed by atoms with van der Waals surface area (Å²) in [5, 5.41) is 0. The van der Waals surface area contributed by atoms with E-state index in [-0.39, 0.29) is 0 Å². The average molecular weight is 249 g/mol. The first kappa shape index (κ1) is 11.8. The van der Waals surface area contributed by atoms with Crippen LogP contribution >= 0.6 is 11.8 Å². The fourth-order valence-electron chi connectivity index (χ4n) is 1.46. The summed E-state index contributed by atoms with van der Waals surface area (Å²) in [5.74, 6) is 0. The molecule has 0 amide bonds. The average Bonchev–Trinajstić information content (AvgIpc) is 2.93. The van der Waals surface area contributed by atoms with Gasteiger partial charge in [-0.3, -0.25) is 0 Å². The lowest BCUT2D eigenvalue weighted by Gasteiger charge is -2.10. The van der Waals surface area contributed by atoms with Gasteiger partial charge in [0.1, 0.15) is 12.3 Å². The molecule has 1 aromatic rings. The van der Waals surface area contributed by atoms with Crippen LogP contribution in [0.4, 0.5) is 13.2 Å². The Hall–Kier alpha value is -0.720. The molecule has 1 aliphatic heterocycles. The Morgan fingerprint density at radius 2 is 1.94 bits per heavy atom. The second-order valence-corrected chi connectivity index (χ2v) is 4.39. The number of benzene rings is 1. The molecule has 0 bridgehead atoms. The highest BCUT2D eigenvalue weighted by Crippen LogP contribution is 2.40. The Balaban J connectivity index is 2.39. The van der Waals surface area contributed by atoms with Crippen molar-refractivity contribution >= 4 is 11.8 Å². The van der Waals surface area contributed by atoms with Crippen molar-refractivity contribution in [3.63, 3.8) is 0 Å². The molecule has 0 radical (unpaired) electrons. The molecule has 1 fully saturated rings. The number of alkyl halides is 3. The van der Waals surface area contributed by atoms with Crippen LogP contribution in [-0.4, -0.2) is 12.5 Å². The minimum Gasteiger partial charge on any atom is -0.348 e. The van der Waals surface area contributed by atoms with Crippen LogP contribution in [0.1, 0.15) is 17.2 Å². The summed E-state index contributed by atoms with van der Waals surface area (Å²) >= 11 is 1.26. The van der Waals surface area contributed by atoms with Crippen molar-refractivity contribution in [1.82, 2.24) is 0 Å². The van der Waals surface area contributed by atoms with Crippen LogP contribution in [0.15, 0.2) is 23.1 Å². The molecule has 2 N–H and O–H groups in total. The Kier molecular flexibility index (Phi) is 2.90. The molecule has 16 heavy (non-hydrogen) atoms. The number of rotatable bonds is 2. The van der Waals surface area contributed by atoms with Crippen LogP contribution < -0.4 is 5.73 Å². The van der Waals surface area contributed by atoms with E-state index in [0.717, 1.165) is 12.1 Å². The van der Waals surface area contributed by atoms with Crippen LogP contribution in [0.3, 0.4) is 0 Å². The number of hydrogen-bond acceptors (Lipinski definition) is 3. The van der Waals surface area contributed by atoms with E-state index in [1.54, 1.807) is 12.3 Å². The fraction of sp³-hybridized carbons (Fsp3) is 0.400. The predicted octanol–water partition coefficient (Wildman–Crippen LogP) is 2.78. The molecule has 0 spiro atoms. The molecule has 1 heterocycles. The summed E-state index contributed by atoms with van der Waals surface area (Å²) in [6.07, 6.45) is -3.47.